The SMILES string of the molecule is C[C@@H](O)CCc1cn[nH]c1. The van der Waals surface area contributed by atoms with E-state index in [0.29, 0.717) is 0 Å². The first-order valence-corrected chi connectivity index (χ1v) is 3.45. The number of aliphatic hydroxyl groups is 1. The maximum absolute atomic E-state index is 8.92. The average molecular weight is 140 g/mol. The van der Waals surface area contributed by atoms with Crippen molar-refractivity contribution in [2.45, 2.75) is 25.9 Å². The summed E-state index contributed by atoms with van der Waals surface area (Å²) in [6.45, 7) is 1.79. The average Bonchev–Trinajstić information content (AvgIpc) is 2.34. The number of aryl methyl sites for hydroxylation is 1. The van der Waals surface area contributed by atoms with Crippen molar-refractivity contribution in [2.75, 3.05) is 0 Å². The Kier molecular flexibility index (Phi) is 2.45. The number of aromatic amines is 1. The topological polar surface area (TPSA) is 48.9 Å². The van der Waals surface area contributed by atoms with Crippen molar-refractivity contribution < 1.29 is 5.11 Å². The maximum atomic E-state index is 8.92. The molecule has 2 N–H and O–H groups in total. The number of rotatable bonds is 3. The molecular formula is C7H12N2O. The maximum Gasteiger partial charge on any atom is 0.0519 e. The third kappa shape index (κ3) is 2.19. The van der Waals surface area contributed by atoms with Gasteiger partial charge in [-0.3, -0.25) is 5.10 Å². The van der Waals surface area contributed by atoms with Gasteiger partial charge in [-0.15, -0.1) is 0 Å². The van der Waals surface area contributed by atoms with Crippen LogP contribution >= 0.6 is 0 Å². The van der Waals surface area contributed by atoms with Crippen LogP contribution in [0.3, 0.4) is 0 Å². The van der Waals surface area contributed by atoms with Crippen molar-refractivity contribution in [3.8, 4) is 0 Å². The Morgan fingerprint density at radius 1 is 1.80 bits per heavy atom. The van der Waals surface area contributed by atoms with Crippen LogP contribution in [-0.4, -0.2) is 21.4 Å². The van der Waals surface area contributed by atoms with Gasteiger partial charge in [0, 0.05) is 6.20 Å². The molecule has 0 bridgehead atoms. The largest absolute Gasteiger partial charge is 0.393 e. The second-order valence-corrected chi connectivity index (χ2v) is 2.49. The summed E-state index contributed by atoms with van der Waals surface area (Å²) in [5, 5.41) is 15.4. The fraction of sp³-hybridized carbons (Fsp3) is 0.571. The molecule has 0 aliphatic rings. The van der Waals surface area contributed by atoms with Crippen LogP contribution in [-0.2, 0) is 6.42 Å². The van der Waals surface area contributed by atoms with E-state index in [2.05, 4.69) is 10.2 Å². The summed E-state index contributed by atoms with van der Waals surface area (Å²) >= 11 is 0. The van der Waals surface area contributed by atoms with Crippen molar-refractivity contribution in [1.29, 1.82) is 0 Å². The quantitative estimate of drug-likeness (QED) is 0.650. The Hall–Kier alpha value is -0.830. The van der Waals surface area contributed by atoms with E-state index >= 15 is 0 Å². The zero-order chi connectivity index (χ0) is 7.40. The first kappa shape index (κ1) is 7.28. The summed E-state index contributed by atoms with van der Waals surface area (Å²) in [6.07, 6.45) is 5.12. The summed E-state index contributed by atoms with van der Waals surface area (Å²) in [7, 11) is 0. The molecule has 0 radical (unpaired) electrons. The Bertz CT molecular complexity index is 170. The molecule has 0 spiro atoms. The molecule has 1 aromatic heterocycles. The van der Waals surface area contributed by atoms with Crippen LogP contribution in [0.15, 0.2) is 12.4 Å². The van der Waals surface area contributed by atoms with Crippen LogP contribution in [0.1, 0.15) is 18.9 Å². The second-order valence-electron chi connectivity index (χ2n) is 2.49. The number of nitrogens with zero attached hydrogens (tertiary/aromatic N) is 1. The van der Waals surface area contributed by atoms with E-state index in [4.69, 9.17) is 5.11 Å². The minimum Gasteiger partial charge on any atom is -0.393 e. The Morgan fingerprint density at radius 2 is 2.60 bits per heavy atom. The number of hydrogen-bond donors (Lipinski definition) is 2. The number of aromatic nitrogens is 2. The molecule has 0 unspecified atom stereocenters. The molecule has 1 atom stereocenters. The summed E-state index contributed by atoms with van der Waals surface area (Å²) in [5.41, 5.74) is 1.15. The molecule has 1 rings (SSSR count). The van der Waals surface area contributed by atoms with Crippen molar-refractivity contribution in [3.05, 3.63) is 18.0 Å². The summed E-state index contributed by atoms with van der Waals surface area (Å²) in [5.74, 6) is 0. The summed E-state index contributed by atoms with van der Waals surface area (Å²) in [4.78, 5) is 0. The van der Waals surface area contributed by atoms with Crippen LogP contribution in [0.25, 0.3) is 0 Å². The smallest absolute Gasteiger partial charge is 0.0519 e. The predicted octanol–water partition coefficient (Wildman–Crippen LogP) is 0.723. The monoisotopic (exact) mass is 140 g/mol. The highest BCUT2D eigenvalue weighted by molar-refractivity contribution is 5.02. The third-order valence-electron chi connectivity index (χ3n) is 1.41. The third-order valence-corrected chi connectivity index (χ3v) is 1.41. The number of hydrogen-bond acceptors (Lipinski definition) is 2. The highest BCUT2D eigenvalue weighted by Crippen LogP contribution is 2.01. The molecule has 1 aromatic rings. The van der Waals surface area contributed by atoms with Gasteiger partial charge >= 0.3 is 0 Å². The zero-order valence-corrected chi connectivity index (χ0v) is 6.04. The lowest BCUT2D eigenvalue weighted by Crippen LogP contribution is -2.00. The van der Waals surface area contributed by atoms with Crippen LogP contribution in [0, 0.1) is 0 Å². The molecule has 3 heteroatoms. The van der Waals surface area contributed by atoms with Gasteiger partial charge in [-0.05, 0) is 25.3 Å². The Labute approximate surface area is 60.1 Å². The van der Waals surface area contributed by atoms with Crippen molar-refractivity contribution in [1.82, 2.24) is 10.2 Å². The highest BCUT2D eigenvalue weighted by atomic mass is 16.3. The van der Waals surface area contributed by atoms with Crippen LogP contribution in [0.4, 0.5) is 0 Å². The lowest BCUT2D eigenvalue weighted by atomic mass is 10.1. The first-order chi connectivity index (χ1) is 4.79. The fourth-order valence-corrected chi connectivity index (χ4v) is 0.790. The van der Waals surface area contributed by atoms with Gasteiger partial charge in [-0.25, -0.2) is 0 Å². The van der Waals surface area contributed by atoms with Gasteiger partial charge in [0.25, 0.3) is 0 Å². The summed E-state index contributed by atoms with van der Waals surface area (Å²) in [6, 6.07) is 0. The Morgan fingerprint density at radius 3 is 3.10 bits per heavy atom. The highest BCUT2D eigenvalue weighted by Gasteiger charge is 1.97. The standard InChI is InChI=1S/C7H12N2O/c1-6(10)2-3-7-4-8-9-5-7/h4-6,10H,2-3H2,1H3,(H,8,9)/t6-/m1/s1. The van der Waals surface area contributed by atoms with Crippen LogP contribution in [0.2, 0.25) is 0 Å². The van der Waals surface area contributed by atoms with E-state index in [9.17, 15) is 0 Å². The van der Waals surface area contributed by atoms with E-state index < -0.39 is 0 Å². The number of aliphatic hydroxyl groups excluding tert-OH is 1. The zero-order valence-electron chi connectivity index (χ0n) is 6.04. The van der Waals surface area contributed by atoms with Gasteiger partial charge in [-0.2, -0.15) is 5.10 Å². The van der Waals surface area contributed by atoms with Gasteiger partial charge in [0.05, 0.1) is 12.3 Å². The molecule has 0 aliphatic heterocycles. The molecule has 1 heterocycles. The molecule has 0 saturated carbocycles. The minimum atomic E-state index is -0.213. The van der Waals surface area contributed by atoms with Crippen molar-refractivity contribution in [2.24, 2.45) is 0 Å². The van der Waals surface area contributed by atoms with Gasteiger partial charge < -0.3 is 5.11 Å². The number of nitrogens with one attached hydrogen (secondary N) is 1. The summed E-state index contributed by atoms with van der Waals surface area (Å²) < 4.78 is 0. The van der Waals surface area contributed by atoms with E-state index in [1.54, 1.807) is 13.1 Å². The van der Waals surface area contributed by atoms with Crippen molar-refractivity contribution in [3.63, 3.8) is 0 Å². The van der Waals surface area contributed by atoms with E-state index in [-0.39, 0.29) is 6.10 Å². The van der Waals surface area contributed by atoms with E-state index in [1.807, 2.05) is 6.20 Å². The molecule has 0 aromatic carbocycles. The van der Waals surface area contributed by atoms with E-state index in [1.165, 1.54) is 0 Å². The molecule has 0 amide bonds. The predicted molar refractivity (Wildman–Crippen MR) is 38.6 cm³/mol. The van der Waals surface area contributed by atoms with Gasteiger partial charge in [0.2, 0.25) is 0 Å². The molecule has 0 fully saturated rings. The molecular weight excluding hydrogens is 128 g/mol. The first-order valence-electron chi connectivity index (χ1n) is 3.45. The van der Waals surface area contributed by atoms with Crippen LogP contribution < -0.4 is 0 Å². The van der Waals surface area contributed by atoms with Crippen LogP contribution in [0.5, 0.6) is 0 Å². The fourth-order valence-electron chi connectivity index (χ4n) is 0.790. The van der Waals surface area contributed by atoms with Gasteiger partial charge in [0.1, 0.15) is 0 Å². The lowest BCUT2D eigenvalue weighted by molar-refractivity contribution is 0.185. The number of H-pyrrole nitrogens is 1. The lowest BCUT2D eigenvalue weighted by Gasteiger charge is -1.99. The molecule has 0 saturated heterocycles. The van der Waals surface area contributed by atoms with Gasteiger partial charge in [-0.1, -0.05) is 0 Å². The molecule has 3 nitrogen and oxygen atoms in total. The molecule has 10 heavy (non-hydrogen) atoms. The minimum absolute atomic E-state index is 0.213. The van der Waals surface area contributed by atoms with Crippen molar-refractivity contribution >= 4 is 0 Å². The molecule has 56 valence electrons. The molecule has 0 aliphatic carbocycles. The Balaban J connectivity index is 2.28. The second kappa shape index (κ2) is 3.37. The van der Waals surface area contributed by atoms with Gasteiger partial charge in [0.15, 0.2) is 0 Å². The van der Waals surface area contributed by atoms with E-state index in [0.717, 1.165) is 18.4 Å². The normalized spacial score (nSPS) is 13.4.